The number of rotatable bonds is 6. The van der Waals surface area contributed by atoms with E-state index in [4.69, 9.17) is 14.2 Å². The number of methoxy groups -OCH3 is 2. The highest BCUT2D eigenvalue weighted by molar-refractivity contribution is 6.07. The third-order valence-electron chi connectivity index (χ3n) is 3.15. The van der Waals surface area contributed by atoms with Crippen molar-refractivity contribution in [2.75, 3.05) is 26.1 Å². The lowest BCUT2D eigenvalue weighted by molar-refractivity contribution is 0.0527. The van der Waals surface area contributed by atoms with Gasteiger partial charge < -0.3 is 19.5 Å². The molecule has 0 fully saturated rings. The van der Waals surface area contributed by atoms with Crippen LogP contribution in [0.4, 0.5) is 5.82 Å². The first-order chi connectivity index (χ1) is 11.6. The molecule has 2 aromatic rings. The van der Waals surface area contributed by atoms with Gasteiger partial charge in [-0.25, -0.2) is 9.78 Å². The minimum absolute atomic E-state index is 0.128. The second kappa shape index (κ2) is 7.96. The second-order valence-electron chi connectivity index (χ2n) is 4.68. The van der Waals surface area contributed by atoms with Crippen LogP contribution in [0.2, 0.25) is 0 Å². The highest BCUT2D eigenvalue weighted by atomic mass is 16.5. The molecule has 1 heterocycles. The summed E-state index contributed by atoms with van der Waals surface area (Å²) in [5.74, 6) is 0.0839. The quantitative estimate of drug-likeness (QED) is 0.819. The number of hydrogen-bond acceptors (Lipinski definition) is 6. The number of anilines is 1. The van der Waals surface area contributed by atoms with Crippen LogP contribution in [-0.2, 0) is 4.74 Å². The van der Waals surface area contributed by atoms with Crippen LogP contribution in [0.5, 0.6) is 11.5 Å². The van der Waals surface area contributed by atoms with Crippen LogP contribution in [0.15, 0.2) is 36.5 Å². The van der Waals surface area contributed by atoms with Crippen LogP contribution >= 0.6 is 0 Å². The van der Waals surface area contributed by atoms with Gasteiger partial charge in [-0.05, 0) is 31.2 Å². The molecule has 0 atom stereocenters. The third kappa shape index (κ3) is 4.01. The predicted molar refractivity (Wildman–Crippen MR) is 87.7 cm³/mol. The summed E-state index contributed by atoms with van der Waals surface area (Å²) in [5, 5.41) is 2.61. The minimum atomic E-state index is -0.552. The molecular weight excluding hydrogens is 312 g/mol. The topological polar surface area (TPSA) is 86.8 Å². The van der Waals surface area contributed by atoms with Crippen LogP contribution in [0.25, 0.3) is 0 Å². The molecule has 2 rings (SSSR count). The maximum Gasteiger partial charge on any atom is 0.341 e. The van der Waals surface area contributed by atoms with Gasteiger partial charge in [-0.3, -0.25) is 4.79 Å². The molecule has 0 saturated carbocycles. The van der Waals surface area contributed by atoms with Crippen molar-refractivity contribution in [1.29, 1.82) is 0 Å². The molecule has 1 N–H and O–H groups in total. The van der Waals surface area contributed by atoms with E-state index < -0.39 is 11.9 Å². The van der Waals surface area contributed by atoms with E-state index in [2.05, 4.69) is 10.3 Å². The minimum Gasteiger partial charge on any atom is -0.497 e. The Labute approximate surface area is 139 Å². The van der Waals surface area contributed by atoms with E-state index in [9.17, 15) is 9.59 Å². The van der Waals surface area contributed by atoms with Gasteiger partial charge in [0.15, 0.2) is 0 Å². The molecule has 0 aliphatic heterocycles. The van der Waals surface area contributed by atoms with Crippen molar-refractivity contribution in [3.63, 3.8) is 0 Å². The lowest BCUT2D eigenvalue weighted by Crippen LogP contribution is -2.17. The largest absolute Gasteiger partial charge is 0.497 e. The summed E-state index contributed by atoms with van der Waals surface area (Å²) in [6, 6.07) is 7.90. The molecule has 7 nitrogen and oxygen atoms in total. The van der Waals surface area contributed by atoms with E-state index in [1.165, 1.54) is 26.5 Å². The van der Waals surface area contributed by atoms with Gasteiger partial charge in [-0.15, -0.1) is 0 Å². The van der Waals surface area contributed by atoms with Crippen molar-refractivity contribution in [3.05, 3.63) is 47.7 Å². The summed E-state index contributed by atoms with van der Waals surface area (Å²) in [4.78, 5) is 28.4. The van der Waals surface area contributed by atoms with E-state index in [0.29, 0.717) is 17.1 Å². The number of pyridine rings is 1. The number of esters is 1. The average Bonchev–Trinajstić information content (AvgIpc) is 2.61. The van der Waals surface area contributed by atoms with Crippen LogP contribution < -0.4 is 14.8 Å². The lowest BCUT2D eigenvalue weighted by Gasteiger charge is -2.11. The number of carbonyl (C=O) groups excluding carboxylic acids is 2. The monoisotopic (exact) mass is 330 g/mol. The van der Waals surface area contributed by atoms with Gasteiger partial charge >= 0.3 is 5.97 Å². The van der Waals surface area contributed by atoms with Gasteiger partial charge in [0.1, 0.15) is 22.9 Å². The fraction of sp³-hybridized carbons (Fsp3) is 0.235. The maximum atomic E-state index is 12.5. The van der Waals surface area contributed by atoms with Crippen molar-refractivity contribution in [2.24, 2.45) is 0 Å². The van der Waals surface area contributed by atoms with E-state index >= 15 is 0 Å². The van der Waals surface area contributed by atoms with Crippen LogP contribution in [0.1, 0.15) is 27.6 Å². The molecule has 0 bridgehead atoms. The summed E-state index contributed by atoms with van der Waals surface area (Å²) in [6.45, 7) is 1.93. The fourth-order valence-electron chi connectivity index (χ4n) is 2.00. The van der Waals surface area contributed by atoms with Gasteiger partial charge in [0.25, 0.3) is 5.91 Å². The van der Waals surface area contributed by atoms with E-state index in [-0.39, 0.29) is 18.0 Å². The molecule has 7 heteroatoms. The summed E-state index contributed by atoms with van der Waals surface area (Å²) < 4.78 is 15.2. The first-order valence-electron chi connectivity index (χ1n) is 7.25. The molecule has 0 unspecified atom stereocenters. The van der Waals surface area contributed by atoms with Gasteiger partial charge in [0.2, 0.25) is 0 Å². The van der Waals surface area contributed by atoms with Crippen molar-refractivity contribution in [3.8, 4) is 11.5 Å². The third-order valence-corrected chi connectivity index (χ3v) is 3.15. The van der Waals surface area contributed by atoms with Crippen molar-refractivity contribution in [1.82, 2.24) is 4.98 Å². The van der Waals surface area contributed by atoms with E-state index in [1.807, 2.05) is 0 Å². The molecule has 0 saturated heterocycles. The zero-order valence-corrected chi connectivity index (χ0v) is 13.7. The Kier molecular flexibility index (Phi) is 5.73. The highest BCUT2D eigenvalue weighted by Gasteiger charge is 2.17. The molecular formula is C17H18N2O5. The SMILES string of the molecule is CCOC(=O)c1cccnc1NC(=O)c1cc(OC)cc(OC)c1. The maximum absolute atomic E-state index is 12.5. The first kappa shape index (κ1) is 17.3. The van der Waals surface area contributed by atoms with Crippen molar-refractivity contribution >= 4 is 17.7 Å². The lowest BCUT2D eigenvalue weighted by atomic mass is 10.1. The average molecular weight is 330 g/mol. The summed E-state index contributed by atoms with van der Waals surface area (Å²) in [6.07, 6.45) is 1.48. The van der Waals surface area contributed by atoms with Gasteiger partial charge in [0, 0.05) is 17.8 Å². The normalized spacial score (nSPS) is 9.96. The zero-order valence-electron chi connectivity index (χ0n) is 13.7. The molecule has 1 aromatic carbocycles. The zero-order chi connectivity index (χ0) is 17.5. The van der Waals surface area contributed by atoms with Gasteiger partial charge in [-0.1, -0.05) is 0 Å². The molecule has 0 spiro atoms. The Bertz CT molecular complexity index is 723. The summed E-state index contributed by atoms with van der Waals surface area (Å²) >= 11 is 0. The smallest absolute Gasteiger partial charge is 0.341 e. The Hall–Kier alpha value is -3.09. The van der Waals surface area contributed by atoms with Gasteiger partial charge in [0.05, 0.1) is 20.8 Å². The number of aromatic nitrogens is 1. The number of carbonyl (C=O) groups is 2. The highest BCUT2D eigenvalue weighted by Crippen LogP contribution is 2.23. The Morgan fingerprint density at radius 3 is 2.38 bits per heavy atom. The molecule has 24 heavy (non-hydrogen) atoms. The molecule has 0 radical (unpaired) electrons. The van der Waals surface area contributed by atoms with E-state index in [0.717, 1.165) is 0 Å². The molecule has 1 aromatic heterocycles. The van der Waals surface area contributed by atoms with Crippen LogP contribution in [0, 0.1) is 0 Å². The fourth-order valence-corrected chi connectivity index (χ4v) is 2.00. The number of benzene rings is 1. The Morgan fingerprint density at radius 1 is 1.12 bits per heavy atom. The number of nitrogens with zero attached hydrogens (tertiary/aromatic N) is 1. The number of hydrogen-bond donors (Lipinski definition) is 1. The second-order valence-corrected chi connectivity index (χ2v) is 4.68. The number of nitrogens with one attached hydrogen (secondary N) is 1. The Balaban J connectivity index is 2.29. The van der Waals surface area contributed by atoms with Crippen molar-refractivity contribution < 1.29 is 23.8 Å². The van der Waals surface area contributed by atoms with Crippen molar-refractivity contribution in [2.45, 2.75) is 6.92 Å². The molecule has 0 aliphatic carbocycles. The standard InChI is InChI=1S/C17H18N2O5/c1-4-24-17(21)14-6-5-7-18-15(14)19-16(20)11-8-12(22-2)10-13(9-11)23-3/h5-10H,4H2,1-3H3,(H,18,19,20). The predicted octanol–water partition coefficient (Wildman–Crippen LogP) is 2.53. The molecule has 0 aliphatic rings. The Morgan fingerprint density at radius 2 is 1.79 bits per heavy atom. The number of ether oxygens (including phenoxy) is 3. The van der Waals surface area contributed by atoms with Crippen LogP contribution in [-0.4, -0.2) is 37.7 Å². The van der Waals surface area contributed by atoms with Gasteiger partial charge in [-0.2, -0.15) is 0 Å². The van der Waals surface area contributed by atoms with E-state index in [1.54, 1.807) is 31.2 Å². The first-order valence-corrected chi connectivity index (χ1v) is 7.25. The summed E-state index contributed by atoms with van der Waals surface area (Å²) in [5.41, 5.74) is 0.495. The summed E-state index contributed by atoms with van der Waals surface area (Å²) in [7, 11) is 2.99. The number of amides is 1. The molecule has 126 valence electrons. The van der Waals surface area contributed by atoms with Crippen LogP contribution in [0.3, 0.4) is 0 Å². The molecule has 1 amide bonds.